The van der Waals surface area contributed by atoms with Crippen LogP contribution in [0.1, 0.15) is 12.5 Å². The van der Waals surface area contributed by atoms with Crippen LogP contribution in [0.2, 0.25) is 0 Å². The van der Waals surface area contributed by atoms with Gasteiger partial charge < -0.3 is 15.0 Å². The third-order valence-corrected chi connectivity index (χ3v) is 5.89. The van der Waals surface area contributed by atoms with Gasteiger partial charge in [0.05, 0.1) is 19.3 Å². The van der Waals surface area contributed by atoms with Crippen LogP contribution in [-0.4, -0.2) is 56.5 Å². The predicted molar refractivity (Wildman–Crippen MR) is 117 cm³/mol. The fourth-order valence-corrected chi connectivity index (χ4v) is 3.59. The molecule has 0 unspecified atom stereocenters. The Morgan fingerprint density at radius 1 is 1.14 bits per heavy atom. The summed E-state index contributed by atoms with van der Waals surface area (Å²) in [5, 5.41) is 3.03. The normalized spacial score (nSPS) is 15.5. The van der Waals surface area contributed by atoms with Crippen molar-refractivity contribution in [2.75, 3.05) is 49.8 Å². The molecule has 1 aliphatic heterocycles. The number of hydrogen-bond donors (Lipinski definition) is 1. The molecule has 0 bridgehead atoms. The number of nitrogens with one attached hydrogen (secondary N) is 1. The van der Waals surface area contributed by atoms with E-state index in [4.69, 9.17) is 4.74 Å². The summed E-state index contributed by atoms with van der Waals surface area (Å²) in [6.07, 6.45) is 2.07. The molecule has 0 aliphatic carbocycles. The van der Waals surface area contributed by atoms with Crippen molar-refractivity contribution in [1.29, 1.82) is 0 Å². The maximum atomic E-state index is 12.6. The molecule has 1 aliphatic rings. The molecule has 1 heterocycles. The van der Waals surface area contributed by atoms with Crippen molar-refractivity contribution in [3.63, 3.8) is 0 Å². The van der Waals surface area contributed by atoms with Crippen LogP contribution in [0.15, 0.2) is 53.4 Å². The summed E-state index contributed by atoms with van der Waals surface area (Å²) in [6.45, 7) is 6.02. The summed E-state index contributed by atoms with van der Waals surface area (Å²) in [6, 6.07) is 16.3. The first-order chi connectivity index (χ1) is 13.6. The topological polar surface area (TPSA) is 44.8 Å². The van der Waals surface area contributed by atoms with Crippen molar-refractivity contribution in [3.05, 3.63) is 54.1 Å². The summed E-state index contributed by atoms with van der Waals surface area (Å²) < 4.78 is 5.40. The summed E-state index contributed by atoms with van der Waals surface area (Å²) in [5.74, 6) is 0.00218. The van der Waals surface area contributed by atoms with Gasteiger partial charge in [-0.05, 0) is 62.2 Å². The van der Waals surface area contributed by atoms with E-state index in [1.54, 1.807) is 11.8 Å². The maximum Gasteiger partial charge on any atom is 0.241 e. The number of morpholine rings is 1. The molecular weight excluding hydrogens is 370 g/mol. The Hall–Kier alpha value is -2.02. The molecule has 28 heavy (non-hydrogen) atoms. The number of benzene rings is 2. The standard InChI is InChI=1S/C22H29N3O2S/c1-17(24(2)16-18-4-10-21(28-3)11-5-18)22(26)23-19-6-8-20(9-7-19)25-12-14-27-15-13-25/h4-11,17H,12-16H2,1-3H3,(H,23,26)/t17-/m0/s1. The van der Waals surface area contributed by atoms with Crippen molar-refractivity contribution in [3.8, 4) is 0 Å². The first-order valence-corrected chi connectivity index (χ1v) is 10.9. The van der Waals surface area contributed by atoms with Crippen LogP contribution < -0.4 is 10.2 Å². The second-order valence-electron chi connectivity index (χ2n) is 7.07. The summed E-state index contributed by atoms with van der Waals surface area (Å²) >= 11 is 1.73. The summed E-state index contributed by atoms with van der Waals surface area (Å²) in [5.41, 5.74) is 3.20. The smallest absolute Gasteiger partial charge is 0.241 e. The predicted octanol–water partition coefficient (Wildman–Crippen LogP) is 3.70. The lowest BCUT2D eigenvalue weighted by Gasteiger charge is -2.29. The van der Waals surface area contributed by atoms with Crippen molar-refractivity contribution in [1.82, 2.24) is 4.90 Å². The number of nitrogens with zero attached hydrogens (tertiary/aromatic N) is 2. The minimum absolute atomic E-state index is 0.00218. The van der Waals surface area contributed by atoms with E-state index in [-0.39, 0.29) is 11.9 Å². The number of hydrogen-bond acceptors (Lipinski definition) is 5. The van der Waals surface area contributed by atoms with Gasteiger partial charge in [-0.2, -0.15) is 0 Å². The van der Waals surface area contributed by atoms with E-state index in [2.05, 4.69) is 57.8 Å². The van der Waals surface area contributed by atoms with E-state index in [1.165, 1.54) is 16.1 Å². The Balaban J connectivity index is 1.53. The minimum Gasteiger partial charge on any atom is -0.378 e. The molecule has 3 rings (SSSR count). The molecule has 150 valence electrons. The highest BCUT2D eigenvalue weighted by Crippen LogP contribution is 2.20. The van der Waals surface area contributed by atoms with E-state index >= 15 is 0 Å². The fourth-order valence-electron chi connectivity index (χ4n) is 3.18. The zero-order valence-electron chi connectivity index (χ0n) is 16.9. The number of amides is 1. The van der Waals surface area contributed by atoms with Crippen LogP contribution >= 0.6 is 11.8 Å². The molecule has 5 nitrogen and oxygen atoms in total. The van der Waals surface area contributed by atoms with Crippen LogP contribution in [0.3, 0.4) is 0 Å². The highest BCUT2D eigenvalue weighted by atomic mass is 32.2. The molecular formula is C22H29N3O2S. The Labute approximate surface area is 172 Å². The minimum atomic E-state index is -0.223. The van der Waals surface area contributed by atoms with Crippen molar-refractivity contribution in [2.24, 2.45) is 0 Å². The highest BCUT2D eigenvalue weighted by molar-refractivity contribution is 7.98. The molecule has 1 N–H and O–H groups in total. The third-order valence-electron chi connectivity index (χ3n) is 5.14. The molecule has 0 saturated carbocycles. The van der Waals surface area contributed by atoms with Crippen LogP contribution in [0.5, 0.6) is 0 Å². The second-order valence-corrected chi connectivity index (χ2v) is 7.95. The molecule has 1 saturated heterocycles. The Bertz CT molecular complexity index is 758. The average Bonchev–Trinajstić information content (AvgIpc) is 2.74. The number of anilines is 2. The number of ether oxygens (including phenoxy) is 1. The first kappa shape index (κ1) is 20.7. The first-order valence-electron chi connectivity index (χ1n) is 9.63. The van der Waals surface area contributed by atoms with Crippen molar-refractivity contribution >= 4 is 29.0 Å². The molecule has 0 spiro atoms. The maximum absolute atomic E-state index is 12.6. The van der Waals surface area contributed by atoms with Crippen LogP contribution in [0.25, 0.3) is 0 Å². The van der Waals surface area contributed by atoms with Gasteiger partial charge in [0.25, 0.3) is 0 Å². The number of rotatable bonds is 7. The highest BCUT2D eigenvalue weighted by Gasteiger charge is 2.18. The number of carbonyl (C=O) groups is 1. The van der Waals surface area contributed by atoms with E-state index < -0.39 is 0 Å². The van der Waals surface area contributed by atoms with Crippen molar-refractivity contribution < 1.29 is 9.53 Å². The van der Waals surface area contributed by atoms with E-state index in [9.17, 15) is 4.79 Å². The largest absolute Gasteiger partial charge is 0.378 e. The molecule has 2 aromatic carbocycles. The quantitative estimate of drug-likeness (QED) is 0.719. The van der Waals surface area contributed by atoms with Gasteiger partial charge in [0, 0.05) is 35.9 Å². The van der Waals surface area contributed by atoms with Crippen LogP contribution in [0.4, 0.5) is 11.4 Å². The summed E-state index contributed by atoms with van der Waals surface area (Å²) in [7, 11) is 1.98. The number of likely N-dealkylation sites (N-methyl/N-ethyl adjacent to an activating group) is 1. The van der Waals surface area contributed by atoms with Gasteiger partial charge in [-0.3, -0.25) is 9.69 Å². The zero-order valence-corrected chi connectivity index (χ0v) is 17.7. The molecule has 0 aromatic heterocycles. The van der Waals surface area contributed by atoms with Gasteiger partial charge in [-0.25, -0.2) is 0 Å². The molecule has 6 heteroatoms. The Morgan fingerprint density at radius 3 is 2.39 bits per heavy atom. The van der Waals surface area contributed by atoms with Gasteiger partial charge in [0.2, 0.25) is 5.91 Å². The molecule has 2 aromatic rings. The van der Waals surface area contributed by atoms with Crippen LogP contribution in [-0.2, 0) is 16.1 Å². The van der Waals surface area contributed by atoms with Gasteiger partial charge in [-0.15, -0.1) is 11.8 Å². The Kier molecular flexibility index (Phi) is 7.36. The lowest BCUT2D eigenvalue weighted by molar-refractivity contribution is -0.120. The fraction of sp³-hybridized carbons (Fsp3) is 0.409. The lowest BCUT2D eigenvalue weighted by atomic mass is 10.2. The van der Waals surface area contributed by atoms with E-state index in [0.29, 0.717) is 0 Å². The van der Waals surface area contributed by atoms with Gasteiger partial charge in [0.15, 0.2) is 0 Å². The van der Waals surface area contributed by atoms with E-state index in [0.717, 1.165) is 38.5 Å². The van der Waals surface area contributed by atoms with Gasteiger partial charge in [-0.1, -0.05) is 12.1 Å². The zero-order chi connectivity index (χ0) is 19.9. The third kappa shape index (κ3) is 5.50. The summed E-state index contributed by atoms with van der Waals surface area (Å²) in [4.78, 5) is 18.3. The van der Waals surface area contributed by atoms with Crippen LogP contribution in [0, 0.1) is 0 Å². The van der Waals surface area contributed by atoms with Gasteiger partial charge in [0.1, 0.15) is 0 Å². The monoisotopic (exact) mass is 399 g/mol. The lowest BCUT2D eigenvalue weighted by Crippen LogP contribution is -2.39. The second kappa shape index (κ2) is 9.96. The SMILES string of the molecule is CSc1ccc(CN(C)[C@@H](C)C(=O)Nc2ccc(N3CCOCC3)cc2)cc1. The number of thioether (sulfide) groups is 1. The molecule has 0 radical (unpaired) electrons. The molecule has 1 amide bonds. The van der Waals surface area contributed by atoms with Crippen molar-refractivity contribution in [2.45, 2.75) is 24.4 Å². The molecule has 1 fully saturated rings. The average molecular weight is 400 g/mol. The Morgan fingerprint density at radius 2 is 1.79 bits per heavy atom. The van der Waals surface area contributed by atoms with Gasteiger partial charge >= 0.3 is 0 Å². The number of carbonyl (C=O) groups excluding carboxylic acids is 1. The van der Waals surface area contributed by atoms with E-state index in [1.807, 2.05) is 26.1 Å². The molecule has 1 atom stereocenters.